The number of rotatable bonds is 4. The summed E-state index contributed by atoms with van der Waals surface area (Å²) in [4.78, 5) is 4.50. The third kappa shape index (κ3) is 3.24. The number of benzene rings is 1. The van der Waals surface area contributed by atoms with Gasteiger partial charge in [0, 0.05) is 12.3 Å². The minimum atomic E-state index is -0.217. The Labute approximate surface area is 125 Å². The van der Waals surface area contributed by atoms with E-state index in [-0.39, 0.29) is 11.5 Å². The van der Waals surface area contributed by atoms with E-state index in [1.807, 2.05) is 32.0 Å². The molecule has 0 saturated heterocycles. The molecule has 1 aromatic heterocycles. The lowest BCUT2D eigenvalue weighted by Crippen LogP contribution is -2.22. The lowest BCUT2D eigenvalue weighted by atomic mass is 9.88. The third-order valence-corrected chi connectivity index (χ3v) is 3.32. The summed E-state index contributed by atoms with van der Waals surface area (Å²) >= 11 is 0. The van der Waals surface area contributed by atoms with Crippen LogP contribution in [0, 0.1) is 12.3 Å². The van der Waals surface area contributed by atoms with Gasteiger partial charge in [0.15, 0.2) is 0 Å². The van der Waals surface area contributed by atoms with E-state index < -0.39 is 0 Å². The van der Waals surface area contributed by atoms with Crippen LogP contribution >= 0.6 is 0 Å². The van der Waals surface area contributed by atoms with E-state index in [2.05, 4.69) is 30.9 Å². The van der Waals surface area contributed by atoms with Gasteiger partial charge in [-0.15, -0.1) is 0 Å². The number of aromatic nitrogens is 2. The molecule has 21 heavy (non-hydrogen) atoms. The fourth-order valence-corrected chi connectivity index (χ4v) is 2.30. The summed E-state index contributed by atoms with van der Waals surface area (Å²) in [6.45, 7) is 10.8. The normalized spacial score (nSPS) is 13.4. The van der Waals surface area contributed by atoms with E-state index in [1.54, 1.807) is 0 Å². The summed E-state index contributed by atoms with van der Waals surface area (Å²) < 4.78 is 11.2. The van der Waals surface area contributed by atoms with E-state index in [1.165, 1.54) is 0 Å². The zero-order valence-corrected chi connectivity index (χ0v) is 13.3. The molecule has 1 unspecified atom stereocenters. The maximum Gasteiger partial charge on any atom is 0.260 e. The van der Waals surface area contributed by atoms with Gasteiger partial charge >= 0.3 is 0 Å². The highest BCUT2D eigenvalue weighted by Crippen LogP contribution is 2.36. The molecule has 2 N–H and O–H groups in total. The number of hydrogen-bond donors (Lipinski definition) is 1. The molecule has 5 nitrogen and oxygen atoms in total. The Hall–Kier alpha value is -1.88. The van der Waals surface area contributed by atoms with E-state index in [0.29, 0.717) is 24.0 Å². The molecule has 0 aliphatic rings. The van der Waals surface area contributed by atoms with Gasteiger partial charge in [0.25, 0.3) is 5.89 Å². The molecule has 114 valence electrons. The van der Waals surface area contributed by atoms with Gasteiger partial charge in [-0.2, -0.15) is 4.98 Å². The van der Waals surface area contributed by atoms with Crippen molar-refractivity contribution < 1.29 is 9.26 Å². The van der Waals surface area contributed by atoms with Crippen LogP contribution in [0.4, 0.5) is 5.69 Å². The fourth-order valence-electron chi connectivity index (χ4n) is 2.30. The van der Waals surface area contributed by atoms with E-state index in [9.17, 15) is 0 Å². The molecule has 2 rings (SSSR count). The molecule has 2 aromatic rings. The third-order valence-electron chi connectivity index (χ3n) is 3.32. The van der Waals surface area contributed by atoms with Crippen molar-refractivity contribution in [1.82, 2.24) is 10.1 Å². The second kappa shape index (κ2) is 5.85. The van der Waals surface area contributed by atoms with Crippen molar-refractivity contribution in [3.8, 4) is 11.5 Å². The van der Waals surface area contributed by atoms with Gasteiger partial charge in [-0.05, 0) is 30.9 Å². The van der Waals surface area contributed by atoms with Crippen molar-refractivity contribution >= 4 is 5.69 Å². The first-order chi connectivity index (χ1) is 9.84. The molecule has 1 atom stereocenters. The Kier molecular flexibility index (Phi) is 4.32. The summed E-state index contributed by atoms with van der Waals surface area (Å²) in [5.74, 6) is 0.997. The van der Waals surface area contributed by atoms with Crippen molar-refractivity contribution in [2.75, 3.05) is 12.3 Å². The molecule has 0 aliphatic heterocycles. The average Bonchev–Trinajstić information content (AvgIpc) is 2.83. The topological polar surface area (TPSA) is 74.2 Å². The van der Waals surface area contributed by atoms with Crippen LogP contribution in [0.15, 0.2) is 22.7 Å². The summed E-state index contributed by atoms with van der Waals surface area (Å²) in [6, 6.07) is 5.71. The lowest BCUT2D eigenvalue weighted by Gasteiger charge is -2.27. The molecule has 5 heteroatoms. The first-order valence-electron chi connectivity index (χ1n) is 7.15. The van der Waals surface area contributed by atoms with Crippen LogP contribution in [0.25, 0.3) is 11.5 Å². The van der Waals surface area contributed by atoms with E-state index >= 15 is 0 Å². The lowest BCUT2D eigenvalue weighted by molar-refractivity contribution is -0.0203. The SMILES string of the molecule is CCOC(c1noc(-c2c(C)cccc2N)n1)C(C)(C)C. The van der Waals surface area contributed by atoms with Gasteiger partial charge in [0.05, 0.1) is 5.56 Å². The number of hydrogen-bond acceptors (Lipinski definition) is 5. The van der Waals surface area contributed by atoms with Crippen molar-refractivity contribution in [3.63, 3.8) is 0 Å². The quantitative estimate of drug-likeness (QED) is 0.868. The molecule has 0 aliphatic carbocycles. The Morgan fingerprint density at radius 1 is 1.33 bits per heavy atom. The van der Waals surface area contributed by atoms with Crippen molar-refractivity contribution in [2.24, 2.45) is 5.41 Å². The van der Waals surface area contributed by atoms with Gasteiger partial charge in [-0.3, -0.25) is 0 Å². The number of nitrogens with two attached hydrogens (primary N) is 1. The van der Waals surface area contributed by atoms with Crippen molar-refractivity contribution in [3.05, 3.63) is 29.6 Å². The van der Waals surface area contributed by atoms with E-state index in [4.69, 9.17) is 15.0 Å². The Morgan fingerprint density at radius 2 is 2.05 bits per heavy atom. The molecule has 0 bridgehead atoms. The van der Waals surface area contributed by atoms with Crippen LogP contribution in [0.1, 0.15) is 45.2 Å². The molecule has 0 saturated carbocycles. The molecule has 1 aromatic carbocycles. The van der Waals surface area contributed by atoms with Gasteiger partial charge in [-0.25, -0.2) is 0 Å². The van der Waals surface area contributed by atoms with Gasteiger partial charge in [0.2, 0.25) is 5.82 Å². The zero-order valence-electron chi connectivity index (χ0n) is 13.3. The molecule has 0 fully saturated rings. The fraction of sp³-hybridized carbons (Fsp3) is 0.500. The number of nitrogen functional groups attached to an aromatic ring is 1. The number of nitrogens with zero attached hydrogens (tertiary/aromatic N) is 2. The number of anilines is 1. The van der Waals surface area contributed by atoms with Crippen LogP contribution in [0.3, 0.4) is 0 Å². The van der Waals surface area contributed by atoms with E-state index in [0.717, 1.165) is 11.1 Å². The highest BCUT2D eigenvalue weighted by atomic mass is 16.5. The number of ether oxygens (including phenoxy) is 1. The maximum absolute atomic E-state index is 6.02. The summed E-state index contributed by atoms with van der Waals surface area (Å²) in [6.07, 6.45) is -0.217. The smallest absolute Gasteiger partial charge is 0.260 e. The van der Waals surface area contributed by atoms with Gasteiger partial charge in [-0.1, -0.05) is 38.1 Å². The first-order valence-corrected chi connectivity index (χ1v) is 7.15. The van der Waals surface area contributed by atoms with Gasteiger partial charge in [0.1, 0.15) is 6.10 Å². The maximum atomic E-state index is 6.02. The second-order valence-electron chi connectivity index (χ2n) is 6.20. The monoisotopic (exact) mass is 289 g/mol. The van der Waals surface area contributed by atoms with Crippen LogP contribution < -0.4 is 5.73 Å². The van der Waals surface area contributed by atoms with Crippen molar-refractivity contribution in [2.45, 2.75) is 40.7 Å². The highest BCUT2D eigenvalue weighted by Gasteiger charge is 2.31. The minimum absolute atomic E-state index is 0.117. The van der Waals surface area contributed by atoms with Crippen LogP contribution in [-0.4, -0.2) is 16.7 Å². The molecular formula is C16H23N3O2. The summed E-state index contributed by atoms with van der Waals surface area (Å²) in [5.41, 5.74) is 8.34. The number of aryl methyl sites for hydroxylation is 1. The standard InChI is InChI=1S/C16H23N3O2/c1-6-20-13(16(3,4)5)14-18-15(21-19-14)12-10(2)8-7-9-11(12)17/h7-9,13H,6,17H2,1-5H3. The minimum Gasteiger partial charge on any atom is -0.398 e. The first kappa shape index (κ1) is 15.5. The average molecular weight is 289 g/mol. The van der Waals surface area contributed by atoms with Crippen LogP contribution in [0.5, 0.6) is 0 Å². The predicted octanol–water partition coefficient (Wildman–Crippen LogP) is 3.75. The molecule has 0 amide bonds. The van der Waals surface area contributed by atoms with Crippen LogP contribution in [-0.2, 0) is 4.74 Å². The molecule has 0 spiro atoms. The highest BCUT2D eigenvalue weighted by molar-refractivity contribution is 5.73. The molecule has 1 heterocycles. The largest absolute Gasteiger partial charge is 0.398 e. The summed E-state index contributed by atoms with van der Waals surface area (Å²) in [7, 11) is 0. The van der Waals surface area contributed by atoms with Gasteiger partial charge < -0.3 is 15.0 Å². The van der Waals surface area contributed by atoms with Crippen LogP contribution in [0.2, 0.25) is 0 Å². The second-order valence-corrected chi connectivity index (χ2v) is 6.20. The Balaban J connectivity index is 2.41. The molecular weight excluding hydrogens is 266 g/mol. The molecule has 0 radical (unpaired) electrons. The Morgan fingerprint density at radius 3 is 2.62 bits per heavy atom. The predicted molar refractivity (Wildman–Crippen MR) is 82.7 cm³/mol. The van der Waals surface area contributed by atoms with Crippen molar-refractivity contribution in [1.29, 1.82) is 0 Å². The Bertz CT molecular complexity index is 594. The zero-order chi connectivity index (χ0) is 15.6. The summed E-state index contributed by atoms with van der Waals surface area (Å²) in [5, 5.41) is 4.09.